The number of nitrogens with one attached hydrogen (secondary N) is 1. The largest absolute Gasteiger partial charge is 0.309 e. The topological polar surface area (TPSA) is 41.6 Å². The Bertz CT molecular complexity index is 147. The van der Waals surface area contributed by atoms with Crippen molar-refractivity contribution in [3.05, 3.63) is 0 Å². The van der Waals surface area contributed by atoms with Crippen molar-refractivity contribution in [1.29, 1.82) is 0 Å². The van der Waals surface area contributed by atoms with Crippen molar-refractivity contribution in [1.82, 2.24) is 10.4 Å². The molecule has 0 spiro atoms. The predicted molar refractivity (Wildman–Crippen MR) is 52.1 cm³/mol. The summed E-state index contributed by atoms with van der Waals surface area (Å²) in [5, 5.41) is 0. The van der Waals surface area contributed by atoms with Crippen LogP contribution in [0.2, 0.25) is 0 Å². The molecular formula is C9H20N2O2. The minimum absolute atomic E-state index is 0.0608. The van der Waals surface area contributed by atoms with E-state index in [9.17, 15) is 4.79 Å². The average Bonchev–Trinajstić information content (AvgIpc) is 2.00. The van der Waals surface area contributed by atoms with Crippen molar-refractivity contribution in [2.45, 2.75) is 20.3 Å². The van der Waals surface area contributed by atoms with Crippen molar-refractivity contribution in [2.75, 3.05) is 27.2 Å². The molecule has 0 unspecified atom stereocenters. The van der Waals surface area contributed by atoms with Gasteiger partial charge in [-0.1, -0.05) is 13.8 Å². The fourth-order valence-corrected chi connectivity index (χ4v) is 0.665. The highest BCUT2D eigenvalue weighted by Crippen LogP contribution is 1.90. The Morgan fingerprint density at radius 2 is 2.08 bits per heavy atom. The molecular weight excluding hydrogens is 168 g/mol. The molecule has 0 atom stereocenters. The minimum Gasteiger partial charge on any atom is -0.309 e. The van der Waals surface area contributed by atoms with Gasteiger partial charge in [-0.2, -0.15) is 0 Å². The van der Waals surface area contributed by atoms with Crippen LogP contribution in [0.25, 0.3) is 0 Å². The first-order chi connectivity index (χ1) is 6.02. The first kappa shape index (κ1) is 12.4. The van der Waals surface area contributed by atoms with Crippen LogP contribution in [0.1, 0.15) is 20.3 Å². The van der Waals surface area contributed by atoms with Crippen LogP contribution >= 0.6 is 0 Å². The molecule has 0 aliphatic rings. The van der Waals surface area contributed by atoms with Crippen LogP contribution in [0.15, 0.2) is 0 Å². The van der Waals surface area contributed by atoms with Crippen LogP contribution in [0.5, 0.6) is 0 Å². The second kappa shape index (κ2) is 6.86. The number of carbonyl (C=O) groups excluding carboxylic acids is 1. The lowest BCUT2D eigenvalue weighted by molar-refractivity contribution is -0.134. The Balaban J connectivity index is 3.30. The lowest BCUT2D eigenvalue weighted by Gasteiger charge is -2.10. The zero-order valence-corrected chi connectivity index (χ0v) is 8.96. The van der Waals surface area contributed by atoms with Crippen molar-refractivity contribution in [3.8, 4) is 0 Å². The zero-order valence-electron chi connectivity index (χ0n) is 8.96. The van der Waals surface area contributed by atoms with E-state index < -0.39 is 0 Å². The van der Waals surface area contributed by atoms with Gasteiger partial charge in [0.1, 0.15) is 0 Å². The number of rotatable bonds is 6. The monoisotopic (exact) mass is 188 g/mol. The maximum Gasteiger partial charge on any atom is 0.244 e. The van der Waals surface area contributed by atoms with E-state index in [0.717, 1.165) is 6.54 Å². The van der Waals surface area contributed by atoms with E-state index in [1.54, 1.807) is 0 Å². The Morgan fingerprint density at radius 3 is 2.54 bits per heavy atom. The summed E-state index contributed by atoms with van der Waals surface area (Å²) in [5.74, 6) is 0.378. The Hall–Kier alpha value is -0.610. The van der Waals surface area contributed by atoms with Crippen LogP contribution in [0, 0.1) is 5.92 Å². The van der Waals surface area contributed by atoms with Gasteiger partial charge in [0.05, 0.1) is 6.61 Å². The van der Waals surface area contributed by atoms with Crippen molar-refractivity contribution in [3.63, 3.8) is 0 Å². The van der Waals surface area contributed by atoms with Gasteiger partial charge in [0.25, 0.3) is 0 Å². The third-order valence-electron chi connectivity index (χ3n) is 1.39. The molecule has 0 aromatic carbocycles. The summed E-state index contributed by atoms with van der Waals surface area (Å²) in [5.41, 5.74) is 2.40. The third-order valence-corrected chi connectivity index (χ3v) is 1.39. The third kappa shape index (κ3) is 9.30. The maximum absolute atomic E-state index is 11.1. The number of hydrogen-bond donors (Lipinski definition) is 1. The number of amides is 1. The molecule has 0 fully saturated rings. The highest BCUT2D eigenvalue weighted by Gasteiger charge is 2.02. The molecule has 78 valence electrons. The predicted octanol–water partition coefficient (Wildman–Crippen LogP) is 0.642. The second-order valence-corrected chi connectivity index (χ2v) is 3.78. The first-order valence-corrected chi connectivity index (χ1v) is 4.57. The van der Waals surface area contributed by atoms with Crippen LogP contribution in [-0.2, 0) is 9.63 Å². The lowest BCUT2D eigenvalue weighted by Crippen LogP contribution is -2.28. The molecule has 0 radical (unpaired) electrons. The average molecular weight is 188 g/mol. The van der Waals surface area contributed by atoms with Gasteiger partial charge in [0.15, 0.2) is 0 Å². The van der Waals surface area contributed by atoms with E-state index in [4.69, 9.17) is 4.84 Å². The molecule has 0 bridgehead atoms. The molecule has 4 heteroatoms. The molecule has 0 aromatic rings. The Morgan fingerprint density at radius 1 is 1.46 bits per heavy atom. The SMILES string of the molecule is CC(C)CONC(=O)CCN(C)C. The van der Waals surface area contributed by atoms with Gasteiger partial charge in [0.2, 0.25) is 5.91 Å². The summed E-state index contributed by atoms with van der Waals surface area (Å²) < 4.78 is 0. The van der Waals surface area contributed by atoms with E-state index in [1.165, 1.54) is 0 Å². The highest BCUT2D eigenvalue weighted by molar-refractivity contribution is 5.74. The molecule has 1 N–H and O–H groups in total. The van der Waals surface area contributed by atoms with Crippen LogP contribution in [-0.4, -0.2) is 38.1 Å². The molecule has 0 aliphatic heterocycles. The van der Waals surface area contributed by atoms with Crippen LogP contribution < -0.4 is 5.48 Å². The van der Waals surface area contributed by atoms with Crippen LogP contribution in [0.4, 0.5) is 0 Å². The summed E-state index contributed by atoms with van der Waals surface area (Å²) in [4.78, 5) is 18.0. The van der Waals surface area contributed by atoms with E-state index in [-0.39, 0.29) is 5.91 Å². The summed E-state index contributed by atoms with van der Waals surface area (Å²) in [6.07, 6.45) is 0.477. The number of hydroxylamine groups is 1. The second-order valence-electron chi connectivity index (χ2n) is 3.78. The molecule has 1 amide bonds. The number of carbonyl (C=O) groups is 1. The molecule has 0 aliphatic carbocycles. The minimum atomic E-state index is -0.0608. The van der Waals surface area contributed by atoms with Gasteiger partial charge in [0, 0.05) is 13.0 Å². The highest BCUT2D eigenvalue weighted by atomic mass is 16.6. The summed E-state index contributed by atoms with van der Waals surface area (Å²) >= 11 is 0. The Labute approximate surface area is 80.2 Å². The van der Waals surface area contributed by atoms with Gasteiger partial charge >= 0.3 is 0 Å². The fraction of sp³-hybridized carbons (Fsp3) is 0.889. The molecule has 0 aromatic heterocycles. The van der Waals surface area contributed by atoms with Gasteiger partial charge in [-0.25, -0.2) is 5.48 Å². The number of nitrogens with zero attached hydrogens (tertiary/aromatic N) is 1. The smallest absolute Gasteiger partial charge is 0.244 e. The van der Waals surface area contributed by atoms with Crippen LogP contribution in [0.3, 0.4) is 0 Å². The van der Waals surface area contributed by atoms with Gasteiger partial charge in [-0.15, -0.1) is 0 Å². The summed E-state index contributed by atoms with van der Waals surface area (Å²) in [7, 11) is 3.87. The number of hydrogen-bond acceptors (Lipinski definition) is 3. The van der Waals surface area contributed by atoms with Crippen molar-refractivity contribution >= 4 is 5.91 Å². The van der Waals surface area contributed by atoms with Gasteiger partial charge in [-0.05, 0) is 20.0 Å². The van der Waals surface area contributed by atoms with Gasteiger partial charge in [-0.3, -0.25) is 9.63 Å². The molecule has 0 heterocycles. The fourth-order valence-electron chi connectivity index (χ4n) is 0.665. The maximum atomic E-state index is 11.1. The van der Waals surface area contributed by atoms with E-state index >= 15 is 0 Å². The molecule has 13 heavy (non-hydrogen) atoms. The molecule has 0 rings (SSSR count). The van der Waals surface area contributed by atoms with E-state index in [2.05, 4.69) is 5.48 Å². The van der Waals surface area contributed by atoms with Crippen molar-refractivity contribution in [2.24, 2.45) is 5.92 Å². The first-order valence-electron chi connectivity index (χ1n) is 4.57. The standard InChI is InChI=1S/C9H20N2O2/c1-8(2)7-13-10-9(12)5-6-11(3)4/h8H,5-7H2,1-4H3,(H,10,12). The van der Waals surface area contributed by atoms with Crippen molar-refractivity contribution < 1.29 is 9.63 Å². The van der Waals surface area contributed by atoms with Gasteiger partial charge < -0.3 is 4.90 Å². The molecule has 4 nitrogen and oxygen atoms in total. The van der Waals surface area contributed by atoms with E-state index in [1.807, 2.05) is 32.8 Å². The summed E-state index contributed by atoms with van der Waals surface area (Å²) in [6, 6.07) is 0. The van der Waals surface area contributed by atoms with E-state index in [0.29, 0.717) is 18.9 Å². The Kier molecular flexibility index (Phi) is 6.54. The molecule has 0 saturated carbocycles. The normalized spacial score (nSPS) is 10.9. The quantitative estimate of drug-likeness (QED) is 0.622. The molecule has 0 saturated heterocycles. The zero-order chi connectivity index (χ0) is 10.3. The summed E-state index contributed by atoms with van der Waals surface area (Å²) in [6.45, 7) is 5.38. The lowest BCUT2D eigenvalue weighted by atomic mass is 10.2.